The van der Waals surface area contributed by atoms with Gasteiger partial charge >= 0.3 is 0 Å². The SMILES string of the molecule is CC1(C)C(=O)C2(C3CC3)C=C3C=CC(=N3)C=c3ccc([nH]3)=CC3=NC(n4cnc(-c5ccncc5)c4)(C=C3)C=C1N2. The molecule has 1 aliphatic carbocycles. The number of imidazole rings is 1. The highest BCUT2D eigenvalue weighted by Gasteiger charge is 2.60. The molecule has 202 valence electrons. The number of allylic oxidation sites excluding steroid dienone is 4. The van der Waals surface area contributed by atoms with E-state index in [9.17, 15) is 4.79 Å². The molecule has 0 aromatic carbocycles. The van der Waals surface area contributed by atoms with Gasteiger partial charge < -0.3 is 14.9 Å². The summed E-state index contributed by atoms with van der Waals surface area (Å²) >= 11 is 0. The van der Waals surface area contributed by atoms with Gasteiger partial charge in [0.2, 0.25) is 0 Å². The summed E-state index contributed by atoms with van der Waals surface area (Å²) in [6.45, 7) is 4.02. The third-order valence-corrected chi connectivity index (χ3v) is 8.71. The number of H-pyrrole nitrogens is 1. The van der Waals surface area contributed by atoms with Gasteiger partial charge in [0.1, 0.15) is 5.54 Å². The van der Waals surface area contributed by atoms with Gasteiger partial charge in [-0.15, -0.1) is 0 Å². The van der Waals surface area contributed by atoms with Crippen molar-refractivity contribution in [2.75, 3.05) is 0 Å². The Hall–Kier alpha value is -4.85. The van der Waals surface area contributed by atoms with Gasteiger partial charge in [0.05, 0.1) is 34.6 Å². The van der Waals surface area contributed by atoms with Crippen LogP contribution in [-0.2, 0) is 10.5 Å². The van der Waals surface area contributed by atoms with Crippen LogP contribution in [0.25, 0.3) is 23.4 Å². The third kappa shape index (κ3) is 3.78. The summed E-state index contributed by atoms with van der Waals surface area (Å²) in [5.74, 6) is 0.393. The van der Waals surface area contributed by atoms with E-state index in [1.54, 1.807) is 12.4 Å². The van der Waals surface area contributed by atoms with Crippen molar-refractivity contribution in [3.8, 4) is 11.3 Å². The summed E-state index contributed by atoms with van der Waals surface area (Å²) in [6.07, 6.45) is 25.6. The highest BCUT2D eigenvalue weighted by atomic mass is 16.1. The lowest BCUT2D eigenvalue weighted by Gasteiger charge is -2.27. The zero-order valence-electron chi connectivity index (χ0n) is 22.9. The first-order chi connectivity index (χ1) is 19.8. The number of aliphatic imine (C=N–C) groups is 2. The number of carbonyl (C=O) groups excluding carboxylic acids is 1. The monoisotopic (exact) mass is 539 g/mol. The van der Waals surface area contributed by atoms with Gasteiger partial charge in [-0.3, -0.25) is 9.78 Å². The summed E-state index contributed by atoms with van der Waals surface area (Å²) in [5.41, 5.74) is 2.65. The van der Waals surface area contributed by atoms with Crippen LogP contribution >= 0.6 is 0 Å². The predicted octanol–water partition coefficient (Wildman–Crippen LogP) is 3.34. The van der Waals surface area contributed by atoms with E-state index in [0.717, 1.165) is 57.6 Å². The zero-order valence-corrected chi connectivity index (χ0v) is 22.9. The number of nitrogens with zero attached hydrogens (tertiary/aromatic N) is 5. The Morgan fingerprint density at radius 1 is 0.951 bits per heavy atom. The molecule has 2 N–H and O–H groups in total. The van der Waals surface area contributed by atoms with Crippen molar-refractivity contribution < 1.29 is 4.79 Å². The number of aromatic nitrogens is 4. The number of pyridine rings is 1. The number of hydrogen-bond donors (Lipinski definition) is 2. The van der Waals surface area contributed by atoms with E-state index in [-0.39, 0.29) is 11.7 Å². The lowest BCUT2D eigenvalue weighted by molar-refractivity contribution is -0.127. The topological polar surface area (TPSA) is 100 Å². The molecule has 5 aliphatic rings. The van der Waals surface area contributed by atoms with Crippen LogP contribution in [0.2, 0.25) is 0 Å². The standard InChI is InChI=1S/C33H29N7O/c1-31(2)29-18-32(40-19-28(35-20-40)21-10-13-34-14-11-21)12-9-26(38-32)16-25-6-5-23(36-25)15-24-7-8-27(37-24)17-33(39-29,30(31)41)22-3-4-22/h5-20,22,36,39H,3-4H2,1-2H3. The molecule has 0 amide bonds. The number of ketones is 1. The number of fused-ring (bicyclic) bond motifs is 6. The minimum absolute atomic E-state index is 0.168. The molecule has 3 aromatic heterocycles. The molecule has 8 rings (SSSR count). The van der Waals surface area contributed by atoms with Crippen molar-refractivity contribution in [2.45, 2.75) is 37.9 Å². The summed E-state index contributed by atoms with van der Waals surface area (Å²) in [5, 5.41) is 5.64. The van der Waals surface area contributed by atoms with E-state index in [2.05, 4.69) is 33.5 Å². The Kier molecular flexibility index (Phi) is 4.87. The molecule has 2 atom stereocenters. The highest BCUT2D eigenvalue weighted by Crippen LogP contribution is 2.52. The fraction of sp³-hybridized carbons (Fsp3) is 0.242. The van der Waals surface area contributed by atoms with Crippen LogP contribution in [0.1, 0.15) is 26.7 Å². The molecule has 2 fully saturated rings. The Morgan fingerprint density at radius 3 is 2.51 bits per heavy atom. The van der Waals surface area contributed by atoms with Crippen LogP contribution in [0.15, 0.2) is 107 Å². The van der Waals surface area contributed by atoms with E-state index in [0.29, 0.717) is 0 Å². The number of nitrogens with one attached hydrogen (secondary N) is 2. The molecule has 7 heterocycles. The average Bonchev–Trinajstić information content (AvgIpc) is 3.33. The maximum absolute atomic E-state index is 14.3. The van der Waals surface area contributed by atoms with Crippen molar-refractivity contribution in [3.05, 3.63) is 108 Å². The maximum atomic E-state index is 14.3. The van der Waals surface area contributed by atoms with E-state index in [4.69, 9.17) is 15.0 Å². The first-order valence-electron chi connectivity index (χ1n) is 14.0. The molecule has 8 heteroatoms. The molecular weight excluding hydrogens is 510 g/mol. The molecule has 3 aromatic rings. The summed E-state index contributed by atoms with van der Waals surface area (Å²) in [6, 6.07) is 7.96. The first kappa shape index (κ1) is 24.0. The molecule has 0 spiro atoms. The first-order valence-corrected chi connectivity index (χ1v) is 14.0. The van der Waals surface area contributed by atoms with Crippen molar-refractivity contribution >= 4 is 29.4 Å². The third-order valence-electron chi connectivity index (χ3n) is 8.71. The number of carbonyl (C=O) groups is 1. The van der Waals surface area contributed by atoms with Gasteiger partial charge in [0, 0.05) is 40.5 Å². The van der Waals surface area contributed by atoms with Crippen molar-refractivity contribution in [1.29, 1.82) is 0 Å². The molecule has 8 nitrogen and oxygen atoms in total. The predicted molar refractivity (Wildman–Crippen MR) is 159 cm³/mol. The highest BCUT2D eigenvalue weighted by molar-refractivity contribution is 6.20. The molecular formula is C33H29N7O. The van der Waals surface area contributed by atoms with Gasteiger partial charge in [-0.2, -0.15) is 0 Å². The van der Waals surface area contributed by atoms with Gasteiger partial charge in [0.15, 0.2) is 11.4 Å². The van der Waals surface area contributed by atoms with Crippen molar-refractivity contribution in [3.63, 3.8) is 0 Å². The summed E-state index contributed by atoms with van der Waals surface area (Å²) < 4.78 is 2.01. The quantitative estimate of drug-likeness (QED) is 0.533. The number of rotatable bonds is 3. The van der Waals surface area contributed by atoms with Crippen molar-refractivity contribution in [1.82, 2.24) is 24.8 Å². The Balaban J connectivity index is 1.36. The number of Topliss-reactive ketones (excluding diaryl/α,β-unsaturated/α-hetero) is 1. The maximum Gasteiger partial charge on any atom is 0.177 e. The van der Waals surface area contributed by atoms with Crippen LogP contribution in [0.3, 0.4) is 0 Å². The van der Waals surface area contributed by atoms with E-state index < -0.39 is 16.6 Å². The van der Waals surface area contributed by atoms with E-state index in [1.165, 1.54) is 0 Å². The molecule has 41 heavy (non-hydrogen) atoms. The molecule has 0 radical (unpaired) electrons. The Labute approximate surface area is 237 Å². The molecule has 8 bridgehead atoms. The lowest BCUT2D eigenvalue weighted by atomic mass is 9.77. The molecule has 1 saturated carbocycles. The largest absolute Gasteiger partial charge is 0.372 e. The second kappa shape index (κ2) is 8.33. The van der Waals surface area contributed by atoms with Gasteiger partial charge in [-0.1, -0.05) is 0 Å². The number of hydrogen-bond acceptors (Lipinski definition) is 6. The fourth-order valence-electron chi connectivity index (χ4n) is 6.31. The fourth-order valence-corrected chi connectivity index (χ4v) is 6.31. The Bertz CT molecular complexity index is 1930. The molecule has 4 aliphatic heterocycles. The summed E-state index contributed by atoms with van der Waals surface area (Å²) in [4.78, 5) is 36.7. The minimum Gasteiger partial charge on any atom is -0.372 e. The van der Waals surface area contributed by atoms with Gasteiger partial charge in [0.25, 0.3) is 0 Å². The van der Waals surface area contributed by atoms with Gasteiger partial charge in [-0.05, 0) is 105 Å². The van der Waals surface area contributed by atoms with Crippen LogP contribution in [0, 0.1) is 11.3 Å². The molecule has 1 saturated heterocycles. The minimum atomic E-state index is -0.909. The van der Waals surface area contributed by atoms with E-state index in [1.807, 2.05) is 85.6 Å². The smallest absolute Gasteiger partial charge is 0.177 e. The van der Waals surface area contributed by atoms with Crippen LogP contribution in [0.4, 0.5) is 0 Å². The van der Waals surface area contributed by atoms with Gasteiger partial charge in [-0.25, -0.2) is 15.0 Å². The normalized spacial score (nSPS) is 27.4. The second-order valence-corrected chi connectivity index (χ2v) is 11.9. The van der Waals surface area contributed by atoms with Crippen molar-refractivity contribution in [2.24, 2.45) is 21.3 Å². The van der Waals surface area contributed by atoms with Crippen LogP contribution in [0.5, 0.6) is 0 Å². The zero-order chi connectivity index (χ0) is 27.8. The van der Waals surface area contributed by atoms with Crippen LogP contribution in [-0.4, -0.2) is 42.3 Å². The Morgan fingerprint density at radius 2 is 1.73 bits per heavy atom. The summed E-state index contributed by atoms with van der Waals surface area (Å²) in [7, 11) is 0. The molecule has 2 unspecified atom stereocenters. The van der Waals surface area contributed by atoms with E-state index >= 15 is 0 Å². The lowest BCUT2D eigenvalue weighted by Crippen LogP contribution is -2.47. The van der Waals surface area contributed by atoms with Crippen LogP contribution < -0.4 is 16.0 Å². The average molecular weight is 540 g/mol. The number of aromatic amines is 1. The second-order valence-electron chi connectivity index (χ2n) is 11.9.